The molecule has 2 aliphatic heterocycles. The molecule has 204 valence electrons. The quantitative estimate of drug-likeness (QED) is 0.443. The standard InChI is InChI=1S/C26H37ClN4O4S2/c1-3-11-29(12-4-2)17-21-7-5-14-31(21)24(32)18-30-13-6-8-22(26(30)33)28-37(34,35)25-16-19-15-20(27)9-10-23(19)36-25/h9-10,15-16,21-22,28H,3-8,11-14,17-18H2,1-2H3. The summed E-state index contributed by atoms with van der Waals surface area (Å²) in [7, 11) is -3.89. The van der Waals surface area contributed by atoms with Crippen molar-refractivity contribution in [3.05, 3.63) is 29.3 Å². The lowest BCUT2D eigenvalue weighted by atomic mass is 10.1. The van der Waals surface area contributed by atoms with Gasteiger partial charge in [0, 0.05) is 35.4 Å². The van der Waals surface area contributed by atoms with Crippen molar-refractivity contribution in [2.75, 3.05) is 39.3 Å². The van der Waals surface area contributed by atoms with Gasteiger partial charge in [-0.1, -0.05) is 25.4 Å². The molecule has 8 nitrogen and oxygen atoms in total. The highest BCUT2D eigenvalue weighted by Gasteiger charge is 2.36. The van der Waals surface area contributed by atoms with Crippen LogP contribution in [0.1, 0.15) is 52.4 Å². The smallest absolute Gasteiger partial charge is 0.250 e. The molecule has 0 bridgehead atoms. The van der Waals surface area contributed by atoms with Crippen LogP contribution in [0.25, 0.3) is 10.1 Å². The fraction of sp³-hybridized carbons (Fsp3) is 0.615. The van der Waals surface area contributed by atoms with Gasteiger partial charge in [-0.05, 0) is 81.3 Å². The monoisotopic (exact) mass is 568 g/mol. The number of piperidine rings is 1. The Hall–Kier alpha value is -1.72. The van der Waals surface area contributed by atoms with Gasteiger partial charge < -0.3 is 14.7 Å². The minimum Gasteiger partial charge on any atom is -0.337 e. The van der Waals surface area contributed by atoms with Crippen LogP contribution >= 0.6 is 22.9 Å². The number of nitrogens with zero attached hydrogens (tertiary/aromatic N) is 3. The topological polar surface area (TPSA) is 90.0 Å². The molecule has 1 aromatic heterocycles. The Balaban J connectivity index is 1.39. The van der Waals surface area contributed by atoms with Crippen LogP contribution in [0.2, 0.25) is 5.02 Å². The van der Waals surface area contributed by atoms with Crippen LogP contribution in [0.5, 0.6) is 0 Å². The maximum Gasteiger partial charge on any atom is 0.250 e. The molecule has 1 N–H and O–H groups in total. The number of fused-ring (bicyclic) bond motifs is 1. The van der Waals surface area contributed by atoms with Crippen molar-refractivity contribution in [2.45, 2.75) is 68.7 Å². The molecule has 2 saturated heterocycles. The van der Waals surface area contributed by atoms with Crippen molar-refractivity contribution in [3.63, 3.8) is 0 Å². The van der Waals surface area contributed by atoms with E-state index in [4.69, 9.17) is 11.6 Å². The molecule has 2 aliphatic rings. The largest absolute Gasteiger partial charge is 0.337 e. The average molecular weight is 569 g/mol. The van der Waals surface area contributed by atoms with Crippen LogP contribution in [0, 0.1) is 0 Å². The third-order valence-corrected chi connectivity index (χ3v) is 10.4. The van der Waals surface area contributed by atoms with Crippen LogP contribution in [-0.2, 0) is 19.6 Å². The third kappa shape index (κ3) is 6.84. The van der Waals surface area contributed by atoms with E-state index in [1.165, 1.54) is 4.90 Å². The summed E-state index contributed by atoms with van der Waals surface area (Å²) < 4.78 is 29.8. The number of amides is 2. The van der Waals surface area contributed by atoms with Crippen molar-refractivity contribution in [3.8, 4) is 0 Å². The molecule has 2 atom stereocenters. The molecule has 4 rings (SSSR count). The highest BCUT2D eigenvalue weighted by atomic mass is 35.5. The fourth-order valence-corrected chi connectivity index (χ4v) is 8.21. The van der Waals surface area contributed by atoms with E-state index in [1.54, 1.807) is 24.3 Å². The summed E-state index contributed by atoms with van der Waals surface area (Å²) in [4.78, 5) is 32.4. The molecule has 0 saturated carbocycles. The highest BCUT2D eigenvalue weighted by Crippen LogP contribution is 2.31. The molecule has 11 heteroatoms. The zero-order valence-corrected chi connectivity index (χ0v) is 24.0. The summed E-state index contributed by atoms with van der Waals surface area (Å²) in [6.45, 7) is 8.41. The molecule has 3 heterocycles. The number of rotatable bonds is 11. The number of benzene rings is 1. The second kappa shape index (κ2) is 12.4. The second-order valence-corrected chi connectivity index (χ2v) is 13.5. The van der Waals surface area contributed by atoms with Gasteiger partial charge in [-0.2, -0.15) is 4.72 Å². The van der Waals surface area contributed by atoms with Gasteiger partial charge in [0.2, 0.25) is 11.8 Å². The van der Waals surface area contributed by atoms with E-state index < -0.39 is 16.1 Å². The maximum atomic E-state index is 13.3. The average Bonchev–Trinajstić information content (AvgIpc) is 3.49. The van der Waals surface area contributed by atoms with E-state index in [0.717, 1.165) is 66.7 Å². The van der Waals surface area contributed by atoms with E-state index >= 15 is 0 Å². The molecule has 37 heavy (non-hydrogen) atoms. The highest BCUT2D eigenvalue weighted by molar-refractivity contribution is 7.91. The van der Waals surface area contributed by atoms with Crippen LogP contribution in [0.3, 0.4) is 0 Å². The van der Waals surface area contributed by atoms with E-state index in [-0.39, 0.29) is 28.6 Å². The Morgan fingerprint density at radius 3 is 2.59 bits per heavy atom. The Bertz CT molecular complexity index is 1210. The lowest BCUT2D eigenvalue weighted by molar-refractivity contribution is -0.143. The first-order chi connectivity index (χ1) is 17.7. The van der Waals surface area contributed by atoms with Crippen LogP contribution in [0.4, 0.5) is 0 Å². The molecular formula is C26H37ClN4O4S2. The van der Waals surface area contributed by atoms with E-state index in [0.29, 0.717) is 31.0 Å². The molecule has 0 aliphatic carbocycles. The van der Waals surface area contributed by atoms with E-state index in [9.17, 15) is 18.0 Å². The number of halogens is 1. The number of hydrogen-bond donors (Lipinski definition) is 1. The molecule has 0 radical (unpaired) electrons. The number of likely N-dealkylation sites (tertiary alicyclic amines) is 2. The van der Waals surface area contributed by atoms with Crippen LogP contribution in [-0.4, -0.2) is 86.3 Å². The van der Waals surface area contributed by atoms with Gasteiger partial charge in [0.25, 0.3) is 10.0 Å². The summed E-state index contributed by atoms with van der Waals surface area (Å²) in [6.07, 6.45) is 5.16. The number of thiophene rings is 1. The maximum absolute atomic E-state index is 13.3. The first-order valence-corrected chi connectivity index (χ1v) is 15.9. The van der Waals surface area contributed by atoms with Gasteiger partial charge in [0.05, 0.1) is 6.54 Å². The molecule has 2 amide bonds. The molecule has 1 aromatic carbocycles. The predicted molar refractivity (Wildman–Crippen MR) is 149 cm³/mol. The van der Waals surface area contributed by atoms with Gasteiger partial charge in [0.15, 0.2) is 0 Å². The Labute approximate surface area is 229 Å². The van der Waals surface area contributed by atoms with Gasteiger partial charge in [0.1, 0.15) is 10.3 Å². The van der Waals surface area contributed by atoms with Gasteiger partial charge in [-0.25, -0.2) is 8.42 Å². The van der Waals surface area contributed by atoms with Crippen molar-refractivity contribution in [1.29, 1.82) is 0 Å². The Kier molecular flexibility index (Phi) is 9.50. The van der Waals surface area contributed by atoms with Crippen molar-refractivity contribution in [1.82, 2.24) is 19.4 Å². The first-order valence-electron chi connectivity index (χ1n) is 13.2. The lowest BCUT2D eigenvalue weighted by Gasteiger charge is -2.35. The summed E-state index contributed by atoms with van der Waals surface area (Å²) >= 11 is 7.18. The normalized spacial score (nSPS) is 20.9. The fourth-order valence-electron chi connectivity index (χ4n) is 5.41. The second-order valence-electron chi connectivity index (χ2n) is 10.0. The van der Waals surface area contributed by atoms with E-state index in [1.807, 2.05) is 4.90 Å². The van der Waals surface area contributed by atoms with Gasteiger partial charge in [-0.15, -0.1) is 11.3 Å². The zero-order valence-electron chi connectivity index (χ0n) is 21.6. The molecule has 0 spiro atoms. The van der Waals surface area contributed by atoms with Crippen molar-refractivity contribution < 1.29 is 18.0 Å². The number of sulfonamides is 1. The summed E-state index contributed by atoms with van der Waals surface area (Å²) in [5.41, 5.74) is 0. The minimum atomic E-state index is -3.89. The summed E-state index contributed by atoms with van der Waals surface area (Å²) in [5.74, 6) is -0.379. The van der Waals surface area contributed by atoms with Crippen LogP contribution in [0.15, 0.2) is 28.5 Å². The number of nitrogens with one attached hydrogen (secondary N) is 1. The predicted octanol–water partition coefficient (Wildman–Crippen LogP) is 3.94. The lowest BCUT2D eigenvalue weighted by Crippen LogP contribution is -2.55. The SMILES string of the molecule is CCCN(CCC)CC1CCCN1C(=O)CN1CCCC(NS(=O)(=O)c2cc3cc(Cl)ccc3s2)C1=O. The first kappa shape index (κ1) is 28.3. The molecule has 2 unspecified atom stereocenters. The van der Waals surface area contributed by atoms with Gasteiger partial charge in [-0.3, -0.25) is 9.59 Å². The summed E-state index contributed by atoms with van der Waals surface area (Å²) in [5, 5.41) is 1.28. The zero-order chi connectivity index (χ0) is 26.6. The third-order valence-electron chi connectivity index (χ3n) is 7.12. The van der Waals surface area contributed by atoms with E-state index in [2.05, 4.69) is 23.5 Å². The summed E-state index contributed by atoms with van der Waals surface area (Å²) in [6, 6.07) is 6.10. The van der Waals surface area contributed by atoms with Crippen LogP contribution < -0.4 is 4.72 Å². The number of hydrogen-bond acceptors (Lipinski definition) is 6. The number of carbonyl (C=O) groups excluding carboxylic acids is 2. The Morgan fingerprint density at radius 2 is 1.86 bits per heavy atom. The van der Waals surface area contributed by atoms with Gasteiger partial charge >= 0.3 is 0 Å². The van der Waals surface area contributed by atoms with Crippen molar-refractivity contribution >= 4 is 54.9 Å². The molecule has 2 fully saturated rings. The molecular weight excluding hydrogens is 532 g/mol. The van der Waals surface area contributed by atoms with Crippen molar-refractivity contribution in [2.24, 2.45) is 0 Å². The number of carbonyl (C=O) groups is 2. The minimum absolute atomic E-state index is 0.00347. The Morgan fingerprint density at radius 1 is 1.14 bits per heavy atom. The molecule has 2 aromatic rings.